The number of hydrogen-bond donors (Lipinski definition) is 2. The smallest absolute Gasteiger partial charge is 0.241 e. The molecule has 0 aliphatic rings. The Balaban J connectivity index is 3.01. The zero-order valence-electron chi connectivity index (χ0n) is 11.9. The third-order valence-corrected chi connectivity index (χ3v) is 5.31. The Hall–Kier alpha value is -0.720. The van der Waals surface area contributed by atoms with Crippen molar-refractivity contribution in [1.29, 1.82) is 0 Å². The van der Waals surface area contributed by atoms with Gasteiger partial charge in [-0.25, -0.2) is 13.1 Å². The van der Waals surface area contributed by atoms with Crippen molar-refractivity contribution in [2.45, 2.75) is 38.1 Å². The van der Waals surface area contributed by atoms with Crippen molar-refractivity contribution < 1.29 is 8.42 Å². The molecule has 0 amide bonds. The van der Waals surface area contributed by atoms with Gasteiger partial charge < -0.3 is 5.73 Å². The number of benzene rings is 1. The van der Waals surface area contributed by atoms with E-state index in [1.165, 1.54) is 0 Å². The van der Waals surface area contributed by atoms with Crippen LogP contribution in [-0.2, 0) is 10.0 Å². The minimum atomic E-state index is -3.50. The second-order valence-electron chi connectivity index (χ2n) is 4.78. The molecule has 6 heteroatoms. The Labute approximate surface area is 120 Å². The molecule has 19 heavy (non-hydrogen) atoms. The van der Waals surface area contributed by atoms with Gasteiger partial charge in [0, 0.05) is 11.7 Å². The first kappa shape index (κ1) is 16.3. The van der Waals surface area contributed by atoms with Crippen LogP contribution in [-0.4, -0.2) is 26.5 Å². The monoisotopic (exact) mass is 302 g/mol. The Morgan fingerprint density at radius 3 is 2.58 bits per heavy atom. The predicted octanol–water partition coefficient (Wildman–Crippen LogP) is 2.31. The van der Waals surface area contributed by atoms with E-state index in [2.05, 4.69) is 4.72 Å². The van der Waals surface area contributed by atoms with Gasteiger partial charge in [0.15, 0.2) is 0 Å². The van der Waals surface area contributed by atoms with E-state index in [1.807, 2.05) is 20.1 Å². The molecule has 1 aromatic rings. The fraction of sp³-hybridized carbons (Fsp3) is 0.538. The number of thioether (sulfide) groups is 1. The summed E-state index contributed by atoms with van der Waals surface area (Å²) >= 11 is 1.70. The van der Waals surface area contributed by atoms with Crippen LogP contribution in [0.4, 0.5) is 5.69 Å². The number of aryl methyl sites for hydroxylation is 1. The summed E-state index contributed by atoms with van der Waals surface area (Å²) in [4.78, 5) is 0.279. The quantitative estimate of drug-likeness (QED) is 0.791. The molecule has 0 heterocycles. The molecule has 0 radical (unpaired) electrons. The summed E-state index contributed by atoms with van der Waals surface area (Å²) in [6.07, 6.45) is 2.81. The normalized spacial score (nSPS) is 13.5. The van der Waals surface area contributed by atoms with Gasteiger partial charge in [0.25, 0.3) is 0 Å². The van der Waals surface area contributed by atoms with Crippen molar-refractivity contribution in [1.82, 2.24) is 4.72 Å². The van der Waals surface area contributed by atoms with E-state index in [9.17, 15) is 8.42 Å². The minimum absolute atomic E-state index is 0.0846. The van der Waals surface area contributed by atoms with Gasteiger partial charge in [-0.05, 0) is 62.5 Å². The van der Waals surface area contributed by atoms with Crippen LogP contribution in [0, 0.1) is 13.8 Å². The van der Waals surface area contributed by atoms with E-state index in [1.54, 1.807) is 30.8 Å². The van der Waals surface area contributed by atoms with Crippen molar-refractivity contribution in [3.8, 4) is 0 Å². The Bertz CT molecular complexity index is 542. The van der Waals surface area contributed by atoms with Crippen molar-refractivity contribution in [3.05, 3.63) is 23.3 Å². The Kier molecular flexibility index (Phi) is 5.70. The Morgan fingerprint density at radius 2 is 2.00 bits per heavy atom. The highest BCUT2D eigenvalue weighted by Crippen LogP contribution is 2.23. The molecule has 1 unspecified atom stereocenters. The maximum atomic E-state index is 12.4. The summed E-state index contributed by atoms with van der Waals surface area (Å²) in [5.41, 5.74) is 7.80. The van der Waals surface area contributed by atoms with Crippen molar-refractivity contribution in [2.24, 2.45) is 0 Å². The summed E-state index contributed by atoms with van der Waals surface area (Å²) in [5.74, 6) is 0.929. The average molecular weight is 302 g/mol. The van der Waals surface area contributed by atoms with Crippen LogP contribution in [0.1, 0.15) is 24.5 Å². The summed E-state index contributed by atoms with van der Waals surface area (Å²) in [6, 6.07) is 3.36. The summed E-state index contributed by atoms with van der Waals surface area (Å²) in [7, 11) is -3.50. The van der Waals surface area contributed by atoms with Crippen LogP contribution in [0.15, 0.2) is 17.0 Å². The molecule has 1 aromatic carbocycles. The molecule has 0 saturated carbocycles. The van der Waals surface area contributed by atoms with Gasteiger partial charge in [0.1, 0.15) is 0 Å². The molecule has 0 saturated heterocycles. The lowest BCUT2D eigenvalue weighted by molar-refractivity contribution is 0.556. The van der Waals surface area contributed by atoms with Gasteiger partial charge in [-0.3, -0.25) is 0 Å². The summed E-state index contributed by atoms with van der Waals surface area (Å²) < 4.78 is 27.4. The first-order chi connectivity index (χ1) is 8.77. The molecule has 0 fully saturated rings. The minimum Gasteiger partial charge on any atom is -0.398 e. The standard InChI is InChI=1S/C13H22N2O2S2/c1-9-7-12(14)11(3)13(8-9)19(16,17)15-10(2)5-6-18-4/h7-8,10,15H,5-6,14H2,1-4H3. The molecule has 108 valence electrons. The number of rotatable bonds is 6. The molecule has 0 spiro atoms. The third-order valence-electron chi connectivity index (χ3n) is 2.95. The van der Waals surface area contributed by atoms with Gasteiger partial charge in [-0.15, -0.1) is 0 Å². The van der Waals surface area contributed by atoms with Crippen molar-refractivity contribution in [2.75, 3.05) is 17.7 Å². The maximum absolute atomic E-state index is 12.4. The molecular formula is C13H22N2O2S2. The highest BCUT2D eigenvalue weighted by molar-refractivity contribution is 7.98. The van der Waals surface area contributed by atoms with E-state index in [0.29, 0.717) is 11.3 Å². The third kappa shape index (κ3) is 4.40. The molecule has 0 aliphatic heterocycles. The molecule has 0 aliphatic carbocycles. The average Bonchev–Trinajstić information content (AvgIpc) is 2.30. The lowest BCUT2D eigenvalue weighted by atomic mass is 10.1. The summed E-state index contributed by atoms with van der Waals surface area (Å²) in [6.45, 7) is 5.45. The van der Waals surface area contributed by atoms with Gasteiger partial charge in [0.05, 0.1) is 4.90 Å². The number of sulfonamides is 1. The zero-order chi connectivity index (χ0) is 14.6. The Morgan fingerprint density at radius 1 is 1.37 bits per heavy atom. The van der Waals surface area contributed by atoms with Gasteiger partial charge >= 0.3 is 0 Å². The summed E-state index contributed by atoms with van der Waals surface area (Å²) in [5, 5.41) is 0. The number of anilines is 1. The SMILES string of the molecule is CSCCC(C)NS(=O)(=O)c1cc(C)cc(N)c1C. The number of nitrogens with two attached hydrogens (primary N) is 1. The maximum Gasteiger partial charge on any atom is 0.241 e. The second-order valence-corrected chi connectivity index (χ2v) is 7.45. The highest BCUT2D eigenvalue weighted by atomic mass is 32.2. The topological polar surface area (TPSA) is 72.2 Å². The molecule has 1 atom stereocenters. The lowest BCUT2D eigenvalue weighted by Crippen LogP contribution is -2.33. The van der Waals surface area contributed by atoms with Crippen LogP contribution in [0.2, 0.25) is 0 Å². The van der Waals surface area contributed by atoms with Crippen LogP contribution in [0.5, 0.6) is 0 Å². The molecule has 0 aromatic heterocycles. The van der Waals surface area contributed by atoms with Crippen molar-refractivity contribution >= 4 is 27.5 Å². The molecule has 3 N–H and O–H groups in total. The number of hydrogen-bond acceptors (Lipinski definition) is 4. The van der Waals surface area contributed by atoms with Crippen molar-refractivity contribution in [3.63, 3.8) is 0 Å². The zero-order valence-corrected chi connectivity index (χ0v) is 13.5. The van der Waals surface area contributed by atoms with Gasteiger partial charge in [-0.2, -0.15) is 11.8 Å². The van der Waals surface area contributed by atoms with E-state index in [4.69, 9.17) is 5.73 Å². The van der Waals surface area contributed by atoms with E-state index in [0.717, 1.165) is 17.7 Å². The van der Waals surface area contributed by atoms with Gasteiger partial charge in [-0.1, -0.05) is 0 Å². The van der Waals surface area contributed by atoms with E-state index < -0.39 is 10.0 Å². The fourth-order valence-corrected chi connectivity index (χ4v) is 4.04. The number of nitrogen functional groups attached to an aromatic ring is 1. The van der Waals surface area contributed by atoms with E-state index in [-0.39, 0.29) is 10.9 Å². The molecule has 1 rings (SSSR count). The molecule has 4 nitrogen and oxygen atoms in total. The molecular weight excluding hydrogens is 280 g/mol. The first-order valence-electron chi connectivity index (χ1n) is 6.16. The lowest BCUT2D eigenvalue weighted by Gasteiger charge is -2.16. The fourth-order valence-electron chi connectivity index (χ4n) is 1.81. The number of nitrogens with one attached hydrogen (secondary N) is 1. The van der Waals surface area contributed by atoms with Crippen LogP contribution in [0.25, 0.3) is 0 Å². The predicted molar refractivity (Wildman–Crippen MR) is 83.1 cm³/mol. The van der Waals surface area contributed by atoms with Crippen LogP contribution < -0.4 is 10.5 Å². The largest absolute Gasteiger partial charge is 0.398 e. The first-order valence-corrected chi connectivity index (χ1v) is 9.03. The van der Waals surface area contributed by atoms with Crippen LogP contribution in [0.3, 0.4) is 0 Å². The second kappa shape index (κ2) is 6.63. The highest BCUT2D eigenvalue weighted by Gasteiger charge is 2.20. The van der Waals surface area contributed by atoms with Crippen LogP contribution >= 0.6 is 11.8 Å². The molecule has 0 bridgehead atoms. The van der Waals surface area contributed by atoms with E-state index >= 15 is 0 Å². The van der Waals surface area contributed by atoms with Gasteiger partial charge in [0.2, 0.25) is 10.0 Å².